The fraction of sp³-hybridized carbons (Fsp3) is 0.125. The Morgan fingerprint density at radius 3 is 2.83 bits per heavy atom. The van der Waals surface area contributed by atoms with E-state index in [1.165, 1.54) is 11.3 Å². The molecule has 0 atom stereocenters. The maximum absolute atomic E-state index is 12.2. The Balaban J connectivity index is 1.57. The van der Waals surface area contributed by atoms with Crippen molar-refractivity contribution in [2.75, 3.05) is 5.32 Å². The molecule has 6 nitrogen and oxygen atoms in total. The number of hydrogen-bond donors (Lipinski definition) is 1. The molecule has 0 radical (unpaired) electrons. The van der Waals surface area contributed by atoms with Crippen LogP contribution in [0.1, 0.15) is 16.2 Å². The van der Waals surface area contributed by atoms with E-state index in [9.17, 15) is 4.79 Å². The van der Waals surface area contributed by atoms with Crippen LogP contribution in [0.2, 0.25) is 0 Å². The first-order valence-electron chi connectivity index (χ1n) is 7.23. The van der Waals surface area contributed by atoms with Gasteiger partial charge in [0.2, 0.25) is 0 Å². The molecule has 0 fully saturated rings. The normalized spacial score (nSPS) is 11.1. The van der Waals surface area contributed by atoms with Gasteiger partial charge in [-0.3, -0.25) is 14.8 Å². The van der Waals surface area contributed by atoms with E-state index in [-0.39, 0.29) is 5.91 Å². The molecule has 8 heteroatoms. The molecule has 24 heavy (non-hydrogen) atoms. The lowest BCUT2D eigenvalue weighted by molar-refractivity contribution is 0.102. The molecule has 0 saturated heterocycles. The second-order valence-corrected chi connectivity index (χ2v) is 7.16. The Morgan fingerprint density at radius 2 is 2.08 bits per heavy atom. The number of rotatable bonds is 3. The SMILES string of the molecule is Cc1cc(C(=O)Nc2nc(-c3nc4ccccc4s3)cs2)nn1C. The van der Waals surface area contributed by atoms with Crippen molar-refractivity contribution in [1.82, 2.24) is 19.7 Å². The summed E-state index contributed by atoms with van der Waals surface area (Å²) in [5.41, 5.74) is 3.04. The fourth-order valence-corrected chi connectivity index (χ4v) is 3.94. The number of thiazole rings is 2. The van der Waals surface area contributed by atoms with Gasteiger partial charge < -0.3 is 0 Å². The van der Waals surface area contributed by atoms with Crippen LogP contribution in [0, 0.1) is 6.92 Å². The van der Waals surface area contributed by atoms with Crippen LogP contribution in [0.4, 0.5) is 5.13 Å². The predicted molar refractivity (Wildman–Crippen MR) is 96.6 cm³/mol. The number of amides is 1. The molecule has 0 spiro atoms. The lowest BCUT2D eigenvalue weighted by atomic mass is 10.3. The Hall–Kier alpha value is -2.58. The third kappa shape index (κ3) is 2.70. The van der Waals surface area contributed by atoms with Gasteiger partial charge in [-0.05, 0) is 25.1 Å². The van der Waals surface area contributed by atoms with Crippen molar-refractivity contribution >= 4 is 43.9 Å². The summed E-state index contributed by atoms with van der Waals surface area (Å²) in [7, 11) is 1.81. The molecule has 1 aromatic carbocycles. The van der Waals surface area contributed by atoms with Gasteiger partial charge in [-0.15, -0.1) is 22.7 Å². The molecule has 1 N–H and O–H groups in total. The molecule has 120 valence electrons. The summed E-state index contributed by atoms with van der Waals surface area (Å²) in [5, 5.41) is 10.3. The van der Waals surface area contributed by atoms with E-state index < -0.39 is 0 Å². The fourth-order valence-electron chi connectivity index (χ4n) is 2.24. The zero-order valence-electron chi connectivity index (χ0n) is 13.0. The summed E-state index contributed by atoms with van der Waals surface area (Å²) in [4.78, 5) is 21.3. The highest BCUT2D eigenvalue weighted by Crippen LogP contribution is 2.31. The van der Waals surface area contributed by atoms with Crippen LogP contribution in [0.5, 0.6) is 0 Å². The molecule has 0 aliphatic heterocycles. The van der Waals surface area contributed by atoms with Crippen molar-refractivity contribution in [2.24, 2.45) is 7.05 Å². The minimum atomic E-state index is -0.260. The van der Waals surface area contributed by atoms with Gasteiger partial charge in [0.05, 0.1) is 10.2 Å². The molecule has 0 aliphatic carbocycles. The van der Waals surface area contributed by atoms with Gasteiger partial charge in [0.15, 0.2) is 10.8 Å². The van der Waals surface area contributed by atoms with Gasteiger partial charge in [0.1, 0.15) is 10.7 Å². The number of aromatic nitrogens is 4. The van der Waals surface area contributed by atoms with Gasteiger partial charge in [-0.25, -0.2) is 9.97 Å². The molecule has 3 heterocycles. The Labute approximate surface area is 145 Å². The summed E-state index contributed by atoms with van der Waals surface area (Å²) in [5.74, 6) is -0.260. The first-order chi connectivity index (χ1) is 11.6. The van der Waals surface area contributed by atoms with Crippen LogP contribution in [-0.4, -0.2) is 25.7 Å². The Bertz CT molecular complexity index is 993. The highest BCUT2D eigenvalue weighted by atomic mass is 32.1. The molecular weight excluding hydrogens is 342 g/mol. The number of fused-ring (bicyclic) bond motifs is 1. The average molecular weight is 355 g/mol. The van der Waals surface area contributed by atoms with E-state index in [1.54, 1.807) is 29.1 Å². The zero-order valence-corrected chi connectivity index (χ0v) is 14.6. The molecule has 0 aliphatic rings. The van der Waals surface area contributed by atoms with E-state index in [1.807, 2.05) is 36.6 Å². The molecule has 0 saturated carbocycles. The van der Waals surface area contributed by atoms with Crippen LogP contribution >= 0.6 is 22.7 Å². The van der Waals surface area contributed by atoms with Gasteiger partial charge in [-0.1, -0.05) is 12.1 Å². The highest BCUT2D eigenvalue weighted by Gasteiger charge is 2.15. The first-order valence-corrected chi connectivity index (χ1v) is 8.93. The van der Waals surface area contributed by atoms with Crippen LogP contribution in [0.15, 0.2) is 35.7 Å². The lowest BCUT2D eigenvalue weighted by Crippen LogP contribution is -2.12. The van der Waals surface area contributed by atoms with Crippen molar-refractivity contribution in [1.29, 1.82) is 0 Å². The van der Waals surface area contributed by atoms with E-state index in [4.69, 9.17) is 0 Å². The quantitative estimate of drug-likeness (QED) is 0.608. The number of carbonyl (C=O) groups is 1. The average Bonchev–Trinajstić information content (AvgIpc) is 3.26. The van der Waals surface area contributed by atoms with Gasteiger partial charge in [0.25, 0.3) is 5.91 Å². The number of nitrogens with zero attached hydrogens (tertiary/aromatic N) is 4. The Morgan fingerprint density at radius 1 is 1.25 bits per heavy atom. The first kappa shape index (κ1) is 15.0. The minimum Gasteiger partial charge on any atom is -0.296 e. The van der Waals surface area contributed by atoms with E-state index in [0.29, 0.717) is 10.8 Å². The number of carbonyl (C=O) groups excluding carboxylic acids is 1. The van der Waals surface area contributed by atoms with E-state index in [0.717, 1.165) is 26.6 Å². The van der Waals surface area contributed by atoms with E-state index >= 15 is 0 Å². The van der Waals surface area contributed by atoms with Crippen LogP contribution in [0.25, 0.3) is 20.9 Å². The monoisotopic (exact) mass is 355 g/mol. The molecule has 3 aromatic heterocycles. The summed E-state index contributed by atoms with van der Waals surface area (Å²) in [6.07, 6.45) is 0. The maximum Gasteiger partial charge on any atom is 0.277 e. The number of nitrogens with one attached hydrogen (secondary N) is 1. The van der Waals surface area contributed by atoms with Crippen molar-refractivity contribution in [2.45, 2.75) is 6.92 Å². The second-order valence-electron chi connectivity index (χ2n) is 5.27. The van der Waals surface area contributed by atoms with Gasteiger partial charge in [-0.2, -0.15) is 5.10 Å². The smallest absolute Gasteiger partial charge is 0.277 e. The van der Waals surface area contributed by atoms with Crippen molar-refractivity contribution in [3.05, 3.63) is 47.1 Å². The standard InChI is InChI=1S/C16H13N5OS2/c1-9-7-11(20-21(9)2)14(22)19-16-18-12(8-23-16)15-17-10-5-3-4-6-13(10)24-15/h3-8H,1-2H3,(H,18,19,22). The van der Waals surface area contributed by atoms with Crippen molar-refractivity contribution < 1.29 is 4.79 Å². The topological polar surface area (TPSA) is 72.7 Å². The van der Waals surface area contributed by atoms with Gasteiger partial charge >= 0.3 is 0 Å². The summed E-state index contributed by atoms with van der Waals surface area (Å²) < 4.78 is 2.79. The minimum absolute atomic E-state index is 0.260. The third-order valence-corrected chi connectivity index (χ3v) is 5.40. The second kappa shape index (κ2) is 5.81. The summed E-state index contributed by atoms with van der Waals surface area (Å²) in [6.45, 7) is 1.90. The summed E-state index contributed by atoms with van der Waals surface area (Å²) >= 11 is 2.97. The van der Waals surface area contributed by atoms with Gasteiger partial charge in [0, 0.05) is 18.1 Å². The number of para-hydroxylation sites is 1. The van der Waals surface area contributed by atoms with Crippen molar-refractivity contribution in [3.63, 3.8) is 0 Å². The maximum atomic E-state index is 12.2. The summed E-state index contributed by atoms with van der Waals surface area (Å²) in [6, 6.07) is 9.72. The number of hydrogen-bond acceptors (Lipinski definition) is 6. The Kier molecular flexibility index (Phi) is 3.62. The lowest BCUT2D eigenvalue weighted by Gasteiger charge is -1.97. The largest absolute Gasteiger partial charge is 0.296 e. The van der Waals surface area contributed by atoms with Crippen LogP contribution in [-0.2, 0) is 7.05 Å². The van der Waals surface area contributed by atoms with E-state index in [2.05, 4.69) is 20.4 Å². The number of aryl methyl sites for hydroxylation is 2. The molecule has 4 rings (SSSR count). The zero-order chi connectivity index (χ0) is 16.7. The molecule has 0 bridgehead atoms. The molecule has 0 unspecified atom stereocenters. The van der Waals surface area contributed by atoms with Crippen molar-refractivity contribution in [3.8, 4) is 10.7 Å². The predicted octanol–water partition coefficient (Wildman–Crippen LogP) is 3.71. The third-order valence-electron chi connectivity index (χ3n) is 3.58. The number of benzene rings is 1. The number of anilines is 1. The molecule has 1 amide bonds. The van der Waals surface area contributed by atoms with Crippen LogP contribution < -0.4 is 5.32 Å². The highest BCUT2D eigenvalue weighted by molar-refractivity contribution is 7.22. The van der Waals surface area contributed by atoms with Crippen LogP contribution in [0.3, 0.4) is 0 Å². The molecule has 4 aromatic rings. The molecular formula is C16H13N5OS2.